The van der Waals surface area contributed by atoms with Crippen LogP contribution in [-0.4, -0.2) is 29.2 Å². The lowest BCUT2D eigenvalue weighted by molar-refractivity contribution is 0.530. The van der Waals surface area contributed by atoms with Gasteiger partial charge in [-0.15, -0.1) is 5.10 Å². The summed E-state index contributed by atoms with van der Waals surface area (Å²) in [6.07, 6.45) is 3.24. The first-order valence-electron chi connectivity index (χ1n) is 8.96. The van der Waals surface area contributed by atoms with Gasteiger partial charge in [-0.1, -0.05) is 41.5 Å². The molecule has 0 atom stereocenters. The third kappa shape index (κ3) is 2.78. The summed E-state index contributed by atoms with van der Waals surface area (Å²) in [5.41, 5.74) is 3.07. The van der Waals surface area contributed by atoms with Crippen molar-refractivity contribution in [1.82, 2.24) is 29.2 Å². The van der Waals surface area contributed by atoms with Crippen LogP contribution in [0.25, 0.3) is 22.4 Å². The molecule has 0 aliphatic carbocycles. The molecule has 4 aromatic rings. The molecular weight excluding hydrogens is 343 g/mol. The quantitative estimate of drug-likeness (QED) is 0.507. The van der Waals surface area contributed by atoms with Gasteiger partial charge in [-0.2, -0.15) is 9.49 Å². The molecule has 0 aliphatic rings. The van der Waals surface area contributed by atoms with Gasteiger partial charge in [-0.3, -0.25) is 0 Å². The van der Waals surface area contributed by atoms with Crippen molar-refractivity contribution in [2.24, 2.45) is 0 Å². The average molecular weight is 366 g/mol. The van der Waals surface area contributed by atoms with Crippen LogP contribution < -0.4 is 0 Å². The van der Waals surface area contributed by atoms with E-state index in [1.165, 1.54) is 10.8 Å². The summed E-state index contributed by atoms with van der Waals surface area (Å²) in [5, 5.41) is 8.62. The SMILES string of the molecule is CC(C)(C)c1nc(-c2cc3c(C(C)(C)C)ncnn3c2F)nn2cccc12. The minimum Gasteiger partial charge on any atom is -0.237 e. The lowest BCUT2D eigenvalue weighted by atomic mass is 9.91. The highest BCUT2D eigenvalue weighted by atomic mass is 19.1. The second kappa shape index (κ2) is 5.58. The first-order chi connectivity index (χ1) is 12.6. The van der Waals surface area contributed by atoms with E-state index in [0.717, 1.165) is 16.9 Å². The van der Waals surface area contributed by atoms with E-state index in [9.17, 15) is 0 Å². The normalized spacial score (nSPS) is 13.0. The highest BCUT2D eigenvalue weighted by molar-refractivity contribution is 5.69. The molecule has 0 spiro atoms. The standard InChI is InChI=1S/C20H23FN6/c1-19(2,3)15-14-10-12(17(21)27(14)23-11-22-15)18-24-16(20(4,5)6)13-8-7-9-26(13)25-18/h7-11H,1-6H3. The molecule has 0 saturated heterocycles. The van der Waals surface area contributed by atoms with Gasteiger partial charge in [0.25, 0.3) is 0 Å². The van der Waals surface area contributed by atoms with Crippen LogP contribution in [0.5, 0.6) is 0 Å². The minimum absolute atomic E-state index is 0.205. The van der Waals surface area contributed by atoms with Crippen LogP contribution in [0.3, 0.4) is 0 Å². The van der Waals surface area contributed by atoms with E-state index in [2.05, 4.69) is 36.0 Å². The summed E-state index contributed by atoms with van der Waals surface area (Å²) in [4.78, 5) is 9.11. The van der Waals surface area contributed by atoms with Crippen molar-refractivity contribution in [2.75, 3.05) is 0 Å². The Hall–Kier alpha value is -2.83. The van der Waals surface area contributed by atoms with Gasteiger partial charge in [0.05, 0.1) is 28.0 Å². The van der Waals surface area contributed by atoms with Gasteiger partial charge in [-0.25, -0.2) is 19.0 Å². The molecule has 7 heteroatoms. The van der Waals surface area contributed by atoms with Crippen LogP contribution in [0, 0.1) is 5.95 Å². The van der Waals surface area contributed by atoms with Gasteiger partial charge in [0.2, 0.25) is 5.95 Å². The summed E-state index contributed by atoms with van der Waals surface area (Å²) >= 11 is 0. The molecule has 0 N–H and O–H groups in total. The van der Waals surface area contributed by atoms with Crippen molar-refractivity contribution >= 4 is 11.0 Å². The zero-order valence-electron chi connectivity index (χ0n) is 16.4. The monoisotopic (exact) mass is 366 g/mol. The molecule has 4 aromatic heterocycles. The summed E-state index contributed by atoms with van der Waals surface area (Å²) in [6.45, 7) is 12.4. The molecule has 0 amide bonds. The minimum atomic E-state index is -0.482. The van der Waals surface area contributed by atoms with Crippen molar-refractivity contribution in [3.8, 4) is 11.4 Å². The molecule has 0 unspecified atom stereocenters. The van der Waals surface area contributed by atoms with Crippen LogP contribution in [0.15, 0.2) is 30.7 Å². The van der Waals surface area contributed by atoms with Crippen LogP contribution in [-0.2, 0) is 10.8 Å². The predicted molar refractivity (Wildman–Crippen MR) is 102 cm³/mol. The van der Waals surface area contributed by atoms with E-state index in [-0.39, 0.29) is 10.8 Å². The Kier molecular flexibility index (Phi) is 3.63. The number of rotatable bonds is 1. The Morgan fingerprint density at radius 1 is 0.963 bits per heavy atom. The number of hydrogen-bond donors (Lipinski definition) is 0. The lowest BCUT2D eigenvalue weighted by Crippen LogP contribution is -2.17. The van der Waals surface area contributed by atoms with E-state index >= 15 is 4.39 Å². The number of hydrogen-bond acceptors (Lipinski definition) is 4. The second-order valence-corrected chi connectivity index (χ2v) is 8.88. The summed E-state index contributed by atoms with van der Waals surface area (Å²) in [6, 6.07) is 5.63. The largest absolute Gasteiger partial charge is 0.237 e. The summed E-state index contributed by atoms with van der Waals surface area (Å²) in [7, 11) is 0. The van der Waals surface area contributed by atoms with Crippen molar-refractivity contribution in [1.29, 1.82) is 0 Å². The van der Waals surface area contributed by atoms with Crippen molar-refractivity contribution in [3.05, 3.63) is 48.1 Å². The molecule has 0 fully saturated rings. The number of nitrogens with zero attached hydrogens (tertiary/aromatic N) is 6. The fourth-order valence-corrected chi connectivity index (χ4v) is 3.30. The van der Waals surface area contributed by atoms with Gasteiger partial charge in [-0.05, 0) is 18.2 Å². The molecule has 4 rings (SSSR count). The van der Waals surface area contributed by atoms with Crippen LogP contribution in [0.1, 0.15) is 52.9 Å². The molecule has 0 aromatic carbocycles. The fraction of sp³-hybridized carbons (Fsp3) is 0.400. The summed E-state index contributed by atoms with van der Waals surface area (Å²) < 4.78 is 18.3. The van der Waals surface area contributed by atoms with Gasteiger partial charge in [0.15, 0.2) is 5.82 Å². The smallest absolute Gasteiger partial charge is 0.225 e. The van der Waals surface area contributed by atoms with Crippen molar-refractivity contribution in [3.63, 3.8) is 0 Å². The Morgan fingerprint density at radius 3 is 2.33 bits per heavy atom. The van der Waals surface area contributed by atoms with Gasteiger partial charge in [0, 0.05) is 17.0 Å². The third-order valence-electron chi connectivity index (χ3n) is 4.57. The van der Waals surface area contributed by atoms with E-state index in [0.29, 0.717) is 16.9 Å². The van der Waals surface area contributed by atoms with Crippen LogP contribution in [0.4, 0.5) is 4.39 Å². The lowest BCUT2D eigenvalue weighted by Gasteiger charge is -2.19. The van der Waals surface area contributed by atoms with Gasteiger partial charge in [0.1, 0.15) is 6.33 Å². The maximum Gasteiger partial charge on any atom is 0.225 e. The summed E-state index contributed by atoms with van der Waals surface area (Å²) in [5.74, 6) is -0.143. The maximum atomic E-state index is 15.2. The molecule has 0 bridgehead atoms. The highest BCUT2D eigenvalue weighted by Crippen LogP contribution is 2.32. The number of fused-ring (bicyclic) bond motifs is 2. The van der Waals surface area contributed by atoms with E-state index in [1.54, 1.807) is 10.6 Å². The molecule has 6 nitrogen and oxygen atoms in total. The molecule has 140 valence electrons. The third-order valence-corrected chi connectivity index (χ3v) is 4.57. The zero-order chi connectivity index (χ0) is 19.6. The molecule has 0 aliphatic heterocycles. The Labute approximate surface area is 157 Å². The average Bonchev–Trinajstić information content (AvgIpc) is 3.16. The van der Waals surface area contributed by atoms with Gasteiger partial charge < -0.3 is 0 Å². The molecule has 27 heavy (non-hydrogen) atoms. The van der Waals surface area contributed by atoms with Crippen molar-refractivity contribution in [2.45, 2.75) is 52.4 Å². The van der Waals surface area contributed by atoms with E-state index in [4.69, 9.17) is 4.98 Å². The second-order valence-electron chi connectivity index (χ2n) is 8.88. The Bertz CT molecular complexity index is 1160. The number of aromatic nitrogens is 6. The first-order valence-corrected chi connectivity index (χ1v) is 8.96. The predicted octanol–water partition coefficient (Wildman–Crippen LogP) is 4.17. The van der Waals surface area contributed by atoms with E-state index < -0.39 is 5.95 Å². The Morgan fingerprint density at radius 2 is 1.67 bits per heavy atom. The Balaban J connectivity index is 2.02. The zero-order valence-corrected chi connectivity index (χ0v) is 16.4. The molecular formula is C20H23FN6. The van der Waals surface area contributed by atoms with Crippen LogP contribution >= 0.6 is 0 Å². The molecule has 0 radical (unpaired) electrons. The highest BCUT2D eigenvalue weighted by Gasteiger charge is 2.26. The van der Waals surface area contributed by atoms with Crippen molar-refractivity contribution < 1.29 is 4.39 Å². The molecule has 0 saturated carbocycles. The van der Waals surface area contributed by atoms with E-state index in [1.807, 2.05) is 39.1 Å². The van der Waals surface area contributed by atoms with Crippen LogP contribution in [0.2, 0.25) is 0 Å². The molecule has 4 heterocycles. The fourth-order valence-electron chi connectivity index (χ4n) is 3.30. The van der Waals surface area contributed by atoms with Gasteiger partial charge >= 0.3 is 0 Å². The number of halogens is 1. The maximum absolute atomic E-state index is 15.2. The topological polar surface area (TPSA) is 60.4 Å². The first kappa shape index (κ1) is 17.6.